The molecule has 28 heavy (non-hydrogen) atoms. The molecule has 0 atom stereocenters. The van der Waals surface area contributed by atoms with Crippen molar-refractivity contribution in [3.63, 3.8) is 0 Å². The van der Waals surface area contributed by atoms with Crippen molar-refractivity contribution in [2.75, 3.05) is 37.7 Å². The van der Waals surface area contributed by atoms with Gasteiger partial charge < -0.3 is 19.6 Å². The first-order valence-electron chi connectivity index (χ1n) is 10.4. The van der Waals surface area contributed by atoms with Crippen LogP contribution < -0.4 is 4.90 Å². The summed E-state index contributed by atoms with van der Waals surface area (Å²) >= 11 is 0. The van der Waals surface area contributed by atoms with Crippen molar-refractivity contribution >= 4 is 17.0 Å². The number of imidazole rings is 2. The monoisotopic (exact) mass is 380 g/mol. The van der Waals surface area contributed by atoms with Gasteiger partial charge in [0.2, 0.25) is 5.95 Å². The summed E-state index contributed by atoms with van der Waals surface area (Å²) in [6.07, 6.45) is 5.00. The molecule has 2 aliphatic heterocycles. The summed E-state index contributed by atoms with van der Waals surface area (Å²) in [4.78, 5) is 18.0. The second kappa shape index (κ2) is 6.90. The number of aliphatic hydroxyl groups is 1. The van der Waals surface area contributed by atoms with Crippen molar-refractivity contribution in [3.05, 3.63) is 42.0 Å². The van der Waals surface area contributed by atoms with E-state index in [1.807, 2.05) is 24.5 Å². The van der Waals surface area contributed by atoms with Crippen LogP contribution in [0.3, 0.4) is 0 Å². The van der Waals surface area contributed by atoms with Gasteiger partial charge in [-0.25, -0.2) is 9.97 Å². The molecular weight excluding hydrogens is 352 g/mol. The van der Waals surface area contributed by atoms with E-state index < -0.39 is 0 Å². The van der Waals surface area contributed by atoms with E-state index in [1.165, 1.54) is 11.4 Å². The van der Waals surface area contributed by atoms with Gasteiger partial charge in [0, 0.05) is 38.3 Å². The number of likely N-dealkylation sites (N-methyl/N-ethyl adjacent to an activating group) is 1. The number of nitrogens with one attached hydrogen (secondary N) is 1. The largest absolute Gasteiger partial charge is 0.395 e. The number of anilines is 1. The molecule has 1 fully saturated rings. The minimum absolute atomic E-state index is 0.0344. The highest BCUT2D eigenvalue weighted by Gasteiger charge is 2.46. The van der Waals surface area contributed by atoms with E-state index in [1.54, 1.807) is 0 Å². The zero-order chi connectivity index (χ0) is 19.1. The lowest BCUT2D eigenvalue weighted by Crippen LogP contribution is -2.56. The first-order valence-corrected chi connectivity index (χ1v) is 10.4. The number of nitrogens with zero attached hydrogens (tertiary/aromatic N) is 5. The van der Waals surface area contributed by atoms with Gasteiger partial charge in [-0.15, -0.1) is 0 Å². The van der Waals surface area contributed by atoms with Crippen molar-refractivity contribution in [1.82, 2.24) is 24.4 Å². The van der Waals surface area contributed by atoms with Gasteiger partial charge in [0.1, 0.15) is 0 Å². The predicted molar refractivity (Wildman–Crippen MR) is 109 cm³/mol. The molecule has 2 N–H and O–H groups in total. The minimum Gasteiger partial charge on any atom is -0.395 e. The van der Waals surface area contributed by atoms with Crippen LogP contribution in [-0.2, 0) is 18.5 Å². The first kappa shape index (κ1) is 17.7. The van der Waals surface area contributed by atoms with Crippen LogP contribution in [-0.4, -0.2) is 62.3 Å². The molecular formula is C21H28N6O. The number of hydrogen-bond donors (Lipinski definition) is 2. The zero-order valence-corrected chi connectivity index (χ0v) is 16.4. The average molecular weight is 380 g/mol. The average Bonchev–Trinajstić information content (AvgIpc) is 3.35. The fourth-order valence-electron chi connectivity index (χ4n) is 5.24. The molecule has 1 saturated heterocycles. The third-order valence-electron chi connectivity index (χ3n) is 6.61. The van der Waals surface area contributed by atoms with Crippen LogP contribution in [0.2, 0.25) is 0 Å². The highest BCUT2D eigenvalue weighted by atomic mass is 16.3. The number of benzene rings is 1. The number of para-hydroxylation sites is 2. The molecule has 7 nitrogen and oxygen atoms in total. The summed E-state index contributed by atoms with van der Waals surface area (Å²) < 4.78 is 2.16. The summed E-state index contributed by atoms with van der Waals surface area (Å²) in [5, 5.41) is 9.59. The summed E-state index contributed by atoms with van der Waals surface area (Å²) in [5.41, 5.74) is 4.69. The molecule has 0 amide bonds. The second-order valence-electron chi connectivity index (χ2n) is 7.85. The van der Waals surface area contributed by atoms with E-state index in [4.69, 9.17) is 9.97 Å². The molecule has 7 heteroatoms. The number of rotatable bonds is 4. The fraction of sp³-hybridized carbons (Fsp3) is 0.524. The molecule has 2 aliphatic rings. The highest BCUT2D eigenvalue weighted by Crippen LogP contribution is 2.42. The predicted octanol–water partition coefficient (Wildman–Crippen LogP) is 2.13. The lowest BCUT2D eigenvalue weighted by molar-refractivity contribution is 0.0493. The third kappa shape index (κ3) is 2.57. The molecule has 0 aliphatic carbocycles. The Morgan fingerprint density at radius 3 is 2.79 bits per heavy atom. The molecule has 0 bridgehead atoms. The third-order valence-corrected chi connectivity index (χ3v) is 6.61. The number of hydrogen-bond acceptors (Lipinski definition) is 5. The quantitative estimate of drug-likeness (QED) is 0.725. The fourth-order valence-corrected chi connectivity index (χ4v) is 5.24. The Morgan fingerprint density at radius 2 is 2.00 bits per heavy atom. The van der Waals surface area contributed by atoms with Gasteiger partial charge in [0.25, 0.3) is 0 Å². The first-order chi connectivity index (χ1) is 13.8. The van der Waals surface area contributed by atoms with Crippen molar-refractivity contribution in [2.24, 2.45) is 0 Å². The number of aromatic amines is 1. The normalized spacial score (nSPS) is 19.4. The van der Waals surface area contributed by atoms with Crippen LogP contribution in [0.5, 0.6) is 0 Å². The maximum atomic E-state index is 9.59. The summed E-state index contributed by atoms with van der Waals surface area (Å²) in [6, 6.07) is 8.19. The van der Waals surface area contributed by atoms with Crippen LogP contribution in [0, 0.1) is 0 Å². The summed E-state index contributed by atoms with van der Waals surface area (Å²) in [6.45, 7) is 6.97. The Morgan fingerprint density at radius 1 is 1.18 bits per heavy atom. The number of piperidine rings is 1. The molecule has 1 aromatic carbocycles. The second-order valence-corrected chi connectivity index (χ2v) is 7.85. The van der Waals surface area contributed by atoms with E-state index in [0.717, 1.165) is 62.4 Å². The number of H-pyrrole nitrogens is 1. The smallest absolute Gasteiger partial charge is 0.206 e. The maximum absolute atomic E-state index is 9.59. The van der Waals surface area contributed by atoms with E-state index in [0.29, 0.717) is 6.54 Å². The number of fused-ring (bicyclic) bond motifs is 3. The van der Waals surface area contributed by atoms with E-state index >= 15 is 0 Å². The standard InChI is InChI=1S/C21H28N6O/c1-2-26-10-7-17-19(23-15-22-17)21(26)8-11-25(12-9-21)20-24-16-5-3-4-6-18(16)27(20)13-14-28/h3-6,15,28H,2,7-14H2,1H3,(H,22,23). The van der Waals surface area contributed by atoms with Gasteiger partial charge in [-0.05, 0) is 31.5 Å². The Bertz CT molecular complexity index is 968. The van der Waals surface area contributed by atoms with Gasteiger partial charge in [-0.1, -0.05) is 19.1 Å². The highest BCUT2D eigenvalue weighted by molar-refractivity contribution is 5.78. The molecule has 3 aromatic rings. The lowest BCUT2D eigenvalue weighted by Gasteiger charge is -2.50. The number of aromatic nitrogens is 4. The molecule has 0 unspecified atom stereocenters. The molecule has 4 heterocycles. The minimum atomic E-state index is 0.0344. The Balaban J connectivity index is 1.47. The van der Waals surface area contributed by atoms with Gasteiger partial charge in [-0.2, -0.15) is 0 Å². The lowest BCUT2D eigenvalue weighted by atomic mass is 9.79. The maximum Gasteiger partial charge on any atom is 0.206 e. The molecule has 5 rings (SSSR count). The van der Waals surface area contributed by atoms with Crippen LogP contribution in [0.4, 0.5) is 5.95 Å². The van der Waals surface area contributed by atoms with Gasteiger partial charge in [-0.3, -0.25) is 4.90 Å². The van der Waals surface area contributed by atoms with Crippen molar-refractivity contribution in [3.8, 4) is 0 Å². The van der Waals surface area contributed by atoms with E-state index in [2.05, 4.69) is 32.3 Å². The van der Waals surface area contributed by atoms with Crippen LogP contribution in [0.25, 0.3) is 11.0 Å². The van der Waals surface area contributed by atoms with E-state index in [-0.39, 0.29) is 12.1 Å². The van der Waals surface area contributed by atoms with Gasteiger partial charge in [0.05, 0.1) is 35.2 Å². The Labute approximate surface area is 165 Å². The summed E-state index contributed by atoms with van der Waals surface area (Å²) in [5.74, 6) is 0.978. The summed E-state index contributed by atoms with van der Waals surface area (Å²) in [7, 11) is 0. The van der Waals surface area contributed by atoms with Crippen molar-refractivity contribution in [2.45, 2.75) is 38.3 Å². The number of aliphatic hydroxyl groups excluding tert-OH is 1. The van der Waals surface area contributed by atoms with Gasteiger partial charge >= 0.3 is 0 Å². The Hall–Kier alpha value is -2.38. The van der Waals surface area contributed by atoms with Crippen LogP contribution >= 0.6 is 0 Å². The van der Waals surface area contributed by atoms with Gasteiger partial charge in [0.15, 0.2) is 0 Å². The molecule has 2 aromatic heterocycles. The SMILES string of the molecule is CCN1CCc2[nH]cnc2C12CCN(c1nc3ccccc3n1CCO)CC2. The Kier molecular flexibility index (Phi) is 4.36. The molecule has 0 saturated carbocycles. The van der Waals surface area contributed by atoms with Crippen molar-refractivity contribution in [1.29, 1.82) is 0 Å². The van der Waals surface area contributed by atoms with Crippen LogP contribution in [0.15, 0.2) is 30.6 Å². The molecule has 1 spiro atoms. The zero-order valence-electron chi connectivity index (χ0n) is 16.4. The molecule has 0 radical (unpaired) electrons. The van der Waals surface area contributed by atoms with Crippen LogP contribution in [0.1, 0.15) is 31.2 Å². The molecule has 148 valence electrons. The van der Waals surface area contributed by atoms with Crippen molar-refractivity contribution < 1.29 is 5.11 Å². The van der Waals surface area contributed by atoms with E-state index in [9.17, 15) is 5.11 Å². The topological polar surface area (TPSA) is 73.2 Å².